The highest BCUT2D eigenvalue weighted by Crippen LogP contribution is 2.45. The molecule has 0 aliphatic heterocycles. The number of anilines is 1. The van der Waals surface area contributed by atoms with E-state index in [4.69, 9.17) is 0 Å². The Labute approximate surface area is 96.2 Å². The zero-order valence-corrected chi connectivity index (χ0v) is 9.84. The van der Waals surface area contributed by atoms with Crippen LogP contribution in [0.15, 0.2) is 24.3 Å². The molecule has 0 bridgehead atoms. The summed E-state index contributed by atoms with van der Waals surface area (Å²) in [5, 5.41) is 6.11. The lowest BCUT2D eigenvalue weighted by Crippen LogP contribution is -2.32. The third-order valence-electron chi connectivity index (χ3n) is 3.24. The van der Waals surface area contributed by atoms with Gasteiger partial charge in [0, 0.05) is 12.2 Å². The number of hydrogen-bond donors (Lipinski definition) is 2. The summed E-state index contributed by atoms with van der Waals surface area (Å²) in [6.45, 7) is 2.78. The molecule has 0 atom stereocenters. The third kappa shape index (κ3) is 2.09. The average Bonchev–Trinajstić information content (AvgIpc) is 3.03. The molecule has 1 aliphatic carbocycles. The highest BCUT2D eigenvalue weighted by atomic mass is 16.2. The molecule has 1 aromatic rings. The Morgan fingerprint density at radius 3 is 2.62 bits per heavy atom. The maximum absolute atomic E-state index is 12.1. The lowest BCUT2D eigenvalue weighted by Gasteiger charge is -2.15. The molecule has 1 fully saturated rings. The van der Waals surface area contributed by atoms with Crippen molar-refractivity contribution < 1.29 is 4.79 Å². The second-order valence-electron chi connectivity index (χ2n) is 4.58. The average molecular weight is 218 g/mol. The maximum Gasteiger partial charge on any atom is 0.231 e. The quantitative estimate of drug-likeness (QED) is 0.810. The minimum absolute atomic E-state index is 0.149. The third-order valence-corrected chi connectivity index (χ3v) is 3.24. The van der Waals surface area contributed by atoms with Crippen LogP contribution in [-0.2, 0) is 4.79 Å². The molecule has 1 aliphatic rings. The van der Waals surface area contributed by atoms with E-state index in [1.807, 2.05) is 38.2 Å². The normalized spacial score (nSPS) is 16.9. The summed E-state index contributed by atoms with van der Waals surface area (Å²) in [4.78, 5) is 12.1. The van der Waals surface area contributed by atoms with E-state index in [2.05, 4.69) is 10.6 Å². The van der Waals surface area contributed by atoms with Crippen molar-refractivity contribution in [2.75, 3.05) is 18.9 Å². The van der Waals surface area contributed by atoms with Crippen LogP contribution in [0.25, 0.3) is 0 Å². The smallest absolute Gasteiger partial charge is 0.231 e. The first-order valence-electron chi connectivity index (χ1n) is 5.70. The van der Waals surface area contributed by atoms with Crippen molar-refractivity contribution in [1.29, 1.82) is 0 Å². The fourth-order valence-corrected chi connectivity index (χ4v) is 1.94. The minimum Gasteiger partial charge on any atom is -0.325 e. The van der Waals surface area contributed by atoms with E-state index in [1.165, 1.54) is 0 Å². The lowest BCUT2D eigenvalue weighted by molar-refractivity contribution is -0.120. The van der Waals surface area contributed by atoms with Gasteiger partial charge in [-0.15, -0.1) is 0 Å². The van der Waals surface area contributed by atoms with Crippen molar-refractivity contribution in [3.63, 3.8) is 0 Å². The standard InChI is InChI=1S/C13H18N2O/c1-10-5-3-4-6-11(10)15-12(16)13(7-8-13)9-14-2/h3-6,14H,7-9H2,1-2H3,(H,15,16). The zero-order chi connectivity index (χ0) is 11.6. The van der Waals surface area contributed by atoms with Crippen molar-refractivity contribution in [1.82, 2.24) is 5.32 Å². The summed E-state index contributed by atoms with van der Waals surface area (Å²) < 4.78 is 0. The van der Waals surface area contributed by atoms with Gasteiger partial charge in [-0.1, -0.05) is 18.2 Å². The molecule has 2 N–H and O–H groups in total. The van der Waals surface area contributed by atoms with E-state index < -0.39 is 0 Å². The number of para-hydroxylation sites is 1. The van der Waals surface area contributed by atoms with E-state index >= 15 is 0 Å². The summed E-state index contributed by atoms with van der Waals surface area (Å²) in [5.74, 6) is 0.149. The summed E-state index contributed by atoms with van der Waals surface area (Å²) in [5.41, 5.74) is 1.88. The number of nitrogens with one attached hydrogen (secondary N) is 2. The lowest BCUT2D eigenvalue weighted by atomic mass is 10.1. The van der Waals surface area contributed by atoms with Crippen LogP contribution < -0.4 is 10.6 Å². The second-order valence-corrected chi connectivity index (χ2v) is 4.58. The Kier molecular flexibility index (Phi) is 2.97. The number of carbonyl (C=O) groups is 1. The first-order chi connectivity index (χ1) is 7.68. The molecule has 0 radical (unpaired) electrons. The monoisotopic (exact) mass is 218 g/mol. The first-order valence-corrected chi connectivity index (χ1v) is 5.70. The largest absolute Gasteiger partial charge is 0.325 e. The fourth-order valence-electron chi connectivity index (χ4n) is 1.94. The molecule has 3 heteroatoms. The predicted octanol–water partition coefficient (Wildman–Crippen LogP) is 1.93. The van der Waals surface area contributed by atoms with Crippen LogP contribution in [0.3, 0.4) is 0 Å². The SMILES string of the molecule is CNCC1(C(=O)Nc2ccccc2C)CC1. The van der Waals surface area contributed by atoms with Gasteiger partial charge >= 0.3 is 0 Å². The maximum atomic E-state index is 12.1. The molecule has 1 aromatic carbocycles. The summed E-state index contributed by atoms with van der Waals surface area (Å²) >= 11 is 0. The Hall–Kier alpha value is -1.35. The summed E-state index contributed by atoms with van der Waals surface area (Å²) in [6, 6.07) is 7.88. The van der Waals surface area contributed by atoms with Gasteiger partial charge in [0.05, 0.1) is 5.41 Å². The first kappa shape index (κ1) is 11.1. The molecular weight excluding hydrogens is 200 g/mol. The van der Waals surface area contributed by atoms with Gasteiger partial charge in [0.15, 0.2) is 0 Å². The Balaban J connectivity index is 2.06. The van der Waals surface area contributed by atoms with E-state index in [0.717, 1.165) is 30.6 Å². The molecule has 1 saturated carbocycles. The van der Waals surface area contributed by atoms with Gasteiger partial charge in [0.2, 0.25) is 5.91 Å². The van der Waals surface area contributed by atoms with E-state index in [-0.39, 0.29) is 11.3 Å². The second kappa shape index (κ2) is 4.26. The molecular formula is C13H18N2O. The fraction of sp³-hybridized carbons (Fsp3) is 0.462. The molecule has 1 amide bonds. The molecule has 0 unspecified atom stereocenters. The van der Waals surface area contributed by atoms with Crippen LogP contribution in [0.4, 0.5) is 5.69 Å². The van der Waals surface area contributed by atoms with Gasteiger partial charge < -0.3 is 10.6 Å². The Morgan fingerprint density at radius 2 is 2.06 bits per heavy atom. The Morgan fingerprint density at radius 1 is 1.38 bits per heavy atom. The van der Waals surface area contributed by atoms with E-state index in [9.17, 15) is 4.79 Å². The van der Waals surface area contributed by atoms with Crippen LogP contribution >= 0.6 is 0 Å². The topological polar surface area (TPSA) is 41.1 Å². The predicted molar refractivity (Wildman–Crippen MR) is 65.4 cm³/mol. The van der Waals surface area contributed by atoms with Crippen molar-refractivity contribution in [2.45, 2.75) is 19.8 Å². The highest BCUT2D eigenvalue weighted by molar-refractivity contribution is 5.97. The van der Waals surface area contributed by atoms with Gasteiger partial charge in [0.25, 0.3) is 0 Å². The van der Waals surface area contributed by atoms with Gasteiger partial charge in [-0.3, -0.25) is 4.79 Å². The zero-order valence-electron chi connectivity index (χ0n) is 9.84. The van der Waals surface area contributed by atoms with Crippen LogP contribution in [0.5, 0.6) is 0 Å². The number of amides is 1. The minimum atomic E-state index is -0.156. The number of aryl methyl sites for hydroxylation is 1. The van der Waals surface area contributed by atoms with Crippen molar-refractivity contribution in [3.05, 3.63) is 29.8 Å². The van der Waals surface area contributed by atoms with E-state index in [0.29, 0.717) is 0 Å². The van der Waals surface area contributed by atoms with Gasteiger partial charge in [-0.25, -0.2) is 0 Å². The van der Waals surface area contributed by atoms with Crippen molar-refractivity contribution in [2.24, 2.45) is 5.41 Å². The van der Waals surface area contributed by atoms with Gasteiger partial charge in [-0.05, 0) is 38.4 Å². The molecule has 3 nitrogen and oxygen atoms in total. The highest BCUT2D eigenvalue weighted by Gasteiger charge is 2.49. The molecule has 0 spiro atoms. The Bertz CT molecular complexity index is 397. The van der Waals surface area contributed by atoms with E-state index in [1.54, 1.807) is 0 Å². The molecule has 16 heavy (non-hydrogen) atoms. The van der Waals surface area contributed by atoms with Gasteiger partial charge in [-0.2, -0.15) is 0 Å². The summed E-state index contributed by atoms with van der Waals surface area (Å²) in [6.07, 6.45) is 1.98. The summed E-state index contributed by atoms with van der Waals surface area (Å²) in [7, 11) is 1.89. The number of hydrogen-bond acceptors (Lipinski definition) is 2. The molecule has 0 heterocycles. The van der Waals surface area contributed by atoms with Crippen LogP contribution in [0, 0.1) is 12.3 Å². The van der Waals surface area contributed by atoms with Crippen LogP contribution in [0.2, 0.25) is 0 Å². The molecule has 86 valence electrons. The van der Waals surface area contributed by atoms with Crippen molar-refractivity contribution in [3.8, 4) is 0 Å². The van der Waals surface area contributed by atoms with Crippen LogP contribution in [-0.4, -0.2) is 19.5 Å². The van der Waals surface area contributed by atoms with Crippen LogP contribution in [0.1, 0.15) is 18.4 Å². The molecule has 0 saturated heterocycles. The molecule has 2 rings (SSSR count). The van der Waals surface area contributed by atoms with Gasteiger partial charge in [0.1, 0.15) is 0 Å². The number of carbonyl (C=O) groups excluding carboxylic acids is 1. The van der Waals surface area contributed by atoms with Crippen molar-refractivity contribution >= 4 is 11.6 Å². The molecule has 0 aromatic heterocycles. The number of rotatable bonds is 4. The number of benzene rings is 1.